The summed E-state index contributed by atoms with van der Waals surface area (Å²) in [6.45, 7) is 0.265. The third-order valence-electron chi connectivity index (χ3n) is 6.37. The number of hydrogen-bond acceptors (Lipinski definition) is 7. The highest BCUT2D eigenvalue weighted by Crippen LogP contribution is 2.38. The van der Waals surface area contributed by atoms with Crippen molar-refractivity contribution in [2.75, 3.05) is 26.1 Å². The number of methoxy groups -OCH3 is 2. The van der Waals surface area contributed by atoms with E-state index < -0.39 is 11.6 Å². The maximum atomic E-state index is 13.5. The number of benzene rings is 2. The molecule has 1 amide bonds. The molecule has 11 heteroatoms. The summed E-state index contributed by atoms with van der Waals surface area (Å²) < 4.78 is 19.0. The van der Waals surface area contributed by atoms with Gasteiger partial charge in [-0.3, -0.25) is 18.8 Å². The lowest BCUT2D eigenvalue weighted by molar-refractivity contribution is -0.119. The minimum absolute atomic E-state index is 0.265. The molecule has 5 aromatic rings. The van der Waals surface area contributed by atoms with E-state index in [1.165, 1.54) is 30.2 Å². The minimum atomic E-state index is -0.862. The average molecular weight is 548 g/mol. The van der Waals surface area contributed by atoms with Crippen LogP contribution < -0.4 is 15.6 Å². The van der Waals surface area contributed by atoms with Crippen LogP contribution in [0.2, 0.25) is 5.02 Å². The van der Waals surface area contributed by atoms with Crippen LogP contribution in [0.5, 0.6) is 5.75 Å². The van der Waals surface area contributed by atoms with E-state index in [0.717, 1.165) is 10.9 Å². The molecule has 0 fully saturated rings. The van der Waals surface area contributed by atoms with Crippen LogP contribution in [0.25, 0.3) is 33.3 Å². The topological polar surface area (TPSA) is 113 Å². The molecule has 0 spiro atoms. The summed E-state index contributed by atoms with van der Waals surface area (Å²) in [6, 6.07) is 13.0. The Bertz CT molecular complexity index is 1690. The first-order valence-corrected chi connectivity index (χ1v) is 12.5. The monoisotopic (exact) mass is 547 g/mol. The van der Waals surface area contributed by atoms with Gasteiger partial charge in [0.25, 0.3) is 5.56 Å². The summed E-state index contributed by atoms with van der Waals surface area (Å²) in [5.74, 6) is 0.0202. The SMILES string of the molecule is COCCC(C(=O)Nc1ccc2nn(C)cc2c1)n1cc(OC)c(-c2cc(Cl)ccc2-c2ccon2)cc1=O. The molecule has 2 aromatic carbocycles. The van der Waals surface area contributed by atoms with Gasteiger partial charge in [-0.25, -0.2) is 0 Å². The van der Waals surface area contributed by atoms with Crippen LogP contribution >= 0.6 is 11.6 Å². The van der Waals surface area contributed by atoms with Crippen LogP contribution in [0, 0.1) is 0 Å². The van der Waals surface area contributed by atoms with Crippen LogP contribution in [0.1, 0.15) is 12.5 Å². The van der Waals surface area contributed by atoms with Gasteiger partial charge in [0.2, 0.25) is 5.91 Å². The summed E-state index contributed by atoms with van der Waals surface area (Å²) in [5, 5.41) is 12.7. The normalized spacial score (nSPS) is 12.0. The molecule has 0 bridgehead atoms. The summed E-state index contributed by atoms with van der Waals surface area (Å²) in [5.41, 5.74) is 3.45. The predicted molar refractivity (Wildman–Crippen MR) is 148 cm³/mol. The van der Waals surface area contributed by atoms with E-state index >= 15 is 0 Å². The van der Waals surface area contributed by atoms with Crippen molar-refractivity contribution in [1.82, 2.24) is 19.5 Å². The van der Waals surface area contributed by atoms with E-state index in [2.05, 4.69) is 15.6 Å². The van der Waals surface area contributed by atoms with Gasteiger partial charge < -0.3 is 19.3 Å². The third kappa shape index (κ3) is 5.43. The van der Waals surface area contributed by atoms with Crippen LogP contribution in [0.15, 0.2) is 76.5 Å². The lowest BCUT2D eigenvalue weighted by atomic mass is 9.97. The number of hydrogen-bond donors (Lipinski definition) is 1. The average Bonchev–Trinajstić information content (AvgIpc) is 3.58. The molecule has 3 heterocycles. The van der Waals surface area contributed by atoms with E-state index in [1.54, 1.807) is 42.1 Å². The third-order valence-corrected chi connectivity index (χ3v) is 6.60. The zero-order valence-corrected chi connectivity index (χ0v) is 22.3. The molecule has 10 nitrogen and oxygen atoms in total. The zero-order valence-electron chi connectivity index (χ0n) is 21.6. The van der Waals surface area contributed by atoms with Gasteiger partial charge in [0.1, 0.15) is 23.7 Å². The lowest BCUT2D eigenvalue weighted by Gasteiger charge is -2.21. The summed E-state index contributed by atoms with van der Waals surface area (Å²) in [7, 11) is 4.88. The van der Waals surface area contributed by atoms with E-state index in [4.69, 9.17) is 25.6 Å². The fourth-order valence-electron chi connectivity index (χ4n) is 4.54. The number of fused-ring (bicyclic) bond motifs is 1. The van der Waals surface area contributed by atoms with Crippen molar-refractivity contribution >= 4 is 34.1 Å². The highest BCUT2D eigenvalue weighted by Gasteiger charge is 2.25. The Morgan fingerprint density at radius 2 is 1.92 bits per heavy atom. The Morgan fingerprint density at radius 1 is 1.08 bits per heavy atom. The van der Waals surface area contributed by atoms with Gasteiger partial charge in [-0.05, 0) is 35.9 Å². The Balaban J connectivity index is 1.54. The molecule has 1 N–H and O–H groups in total. The molecular formula is C28H26ClN5O5. The number of rotatable bonds is 9. The molecule has 0 saturated carbocycles. The second-order valence-electron chi connectivity index (χ2n) is 8.94. The number of ether oxygens (including phenoxy) is 2. The Labute approximate surface area is 228 Å². The molecule has 0 radical (unpaired) electrons. The highest BCUT2D eigenvalue weighted by atomic mass is 35.5. The molecule has 3 aromatic heterocycles. The molecule has 5 rings (SSSR count). The Morgan fingerprint density at radius 3 is 2.67 bits per heavy atom. The first-order chi connectivity index (χ1) is 18.9. The highest BCUT2D eigenvalue weighted by molar-refractivity contribution is 6.31. The molecule has 0 aliphatic rings. The molecule has 1 unspecified atom stereocenters. The van der Waals surface area contributed by atoms with Gasteiger partial charge >= 0.3 is 0 Å². The summed E-state index contributed by atoms with van der Waals surface area (Å²) >= 11 is 6.32. The number of amides is 1. The van der Waals surface area contributed by atoms with Crippen molar-refractivity contribution in [3.05, 3.63) is 82.6 Å². The first kappa shape index (κ1) is 26.2. The molecule has 0 aliphatic heterocycles. The van der Waals surface area contributed by atoms with Crippen LogP contribution in [-0.4, -0.2) is 46.2 Å². The Hall–Kier alpha value is -4.41. The van der Waals surface area contributed by atoms with Gasteiger partial charge in [0.05, 0.1) is 18.8 Å². The van der Waals surface area contributed by atoms with Crippen molar-refractivity contribution in [2.45, 2.75) is 12.5 Å². The number of nitrogens with zero attached hydrogens (tertiary/aromatic N) is 4. The molecule has 0 aliphatic carbocycles. The molecule has 39 heavy (non-hydrogen) atoms. The van der Waals surface area contributed by atoms with Crippen LogP contribution in [0.3, 0.4) is 0 Å². The lowest BCUT2D eigenvalue weighted by Crippen LogP contribution is -2.34. The van der Waals surface area contributed by atoms with E-state index in [1.807, 2.05) is 25.4 Å². The molecule has 200 valence electrons. The van der Waals surface area contributed by atoms with E-state index in [0.29, 0.717) is 38.8 Å². The fraction of sp³-hybridized carbons (Fsp3) is 0.214. The van der Waals surface area contributed by atoms with Crippen molar-refractivity contribution in [3.63, 3.8) is 0 Å². The quantitative estimate of drug-likeness (QED) is 0.278. The maximum Gasteiger partial charge on any atom is 0.252 e. The van der Waals surface area contributed by atoms with Crippen LogP contribution in [-0.2, 0) is 16.6 Å². The number of nitrogens with one attached hydrogen (secondary N) is 1. The number of carbonyl (C=O) groups is 1. The number of aryl methyl sites for hydroxylation is 1. The van der Waals surface area contributed by atoms with Gasteiger partial charge in [0, 0.05) is 72.7 Å². The van der Waals surface area contributed by atoms with Gasteiger partial charge in [-0.2, -0.15) is 5.10 Å². The van der Waals surface area contributed by atoms with Crippen molar-refractivity contribution in [3.8, 4) is 28.1 Å². The second kappa shape index (κ2) is 11.1. The fourth-order valence-corrected chi connectivity index (χ4v) is 4.71. The van der Waals surface area contributed by atoms with Gasteiger partial charge in [0.15, 0.2) is 0 Å². The number of halogens is 1. The largest absolute Gasteiger partial charge is 0.495 e. The zero-order chi connectivity index (χ0) is 27.5. The van der Waals surface area contributed by atoms with Crippen molar-refractivity contribution in [2.24, 2.45) is 7.05 Å². The maximum absolute atomic E-state index is 13.5. The summed E-state index contributed by atoms with van der Waals surface area (Å²) in [6.07, 6.45) is 5.13. The smallest absolute Gasteiger partial charge is 0.252 e. The molecule has 0 saturated heterocycles. The number of aromatic nitrogens is 4. The minimum Gasteiger partial charge on any atom is -0.495 e. The molecule has 1 atom stereocenters. The van der Waals surface area contributed by atoms with Crippen LogP contribution in [0.4, 0.5) is 5.69 Å². The second-order valence-corrected chi connectivity index (χ2v) is 9.37. The number of carbonyl (C=O) groups excluding carboxylic acids is 1. The van der Waals surface area contributed by atoms with Crippen molar-refractivity contribution < 1.29 is 18.8 Å². The van der Waals surface area contributed by atoms with E-state index in [-0.39, 0.29) is 18.9 Å². The van der Waals surface area contributed by atoms with Gasteiger partial charge in [-0.15, -0.1) is 0 Å². The van der Waals surface area contributed by atoms with Gasteiger partial charge in [-0.1, -0.05) is 22.8 Å². The van der Waals surface area contributed by atoms with E-state index in [9.17, 15) is 9.59 Å². The first-order valence-electron chi connectivity index (χ1n) is 12.1. The predicted octanol–water partition coefficient (Wildman–Crippen LogP) is 4.94. The standard InChI is InChI=1S/C28H26ClN5O5/c1-33-15-17-12-19(5-7-23(17)31-33)30-28(36)25(9-10-37-2)34-16-26(38-3)22(14-27(34)35)21-13-18(29)4-6-20(21)24-8-11-39-32-24/h4-8,11-16,25H,9-10H2,1-3H3,(H,30,36). The number of anilines is 1. The summed E-state index contributed by atoms with van der Waals surface area (Å²) in [4.78, 5) is 27.0. The number of pyridine rings is 1. The molecular weight excluding hydrogens is 522 g/mol. The van der Waals surface area contributed by atoms with Crippen molar-refractivity contribution in [1.29, 1.82) is 0 Å². The Kier molecular flexibility index (Phi) is 7.49.